The van der Waals surface area contributed by atoms with E-state index in [0.29, 0.717) is 17.4 Å². The maximum atomic E-state index is 12.6. The molecule has 0 saturated heterocycles. The van der Waals surface area contributed by atoms with Crippen LogP contribution >= 0.6 is 7.82 Å². The van der Waals surface area contributed by atoms with Crippen LogP contribution in [0.4, 0.5) is 0 Å². The Morgan fingerprint density at radius 3 is 1.44 bits per heavy atom. The van der Waals surface area contributed by atoms with E-state index in [0.717, 1.165) is 77.0 Å². The first kappa shape index (κ1) is 57.0. The van der Waals surface area contributed by atoms with E-state index in [9.17, 15) is 19.0 Å². The fraction of sp³-hybridized carbons (Fsp3) is 0.796. The first-order chi connectivity index (χ1) is 28.5. The van der Waals surface area contributed by atoms with E-state index in [4.69, 9.17) is 18.5 Å². The lowest BCUT2D eigenvalue weighted by atomic mass is 10.0. The number of likely N-dealkylation sites (N-methyl/N-ethyl adjacent to an activating group) is 1. The van der Waals surface area contributed by atoms with E-state index in [1.807, 2.05) is 21.1 Å². The van der Waals surface area contributed by atoms with E-state index < -0.39 is 32.5 Å². The predicted octanol–water partition coefficient (Wildman–Crippen LogP) is 13.2. The van der Waals surface area contributed by atoms with Gasteiger partial charge in [-0.3, -0.25) is 14.2 Å². The fourth-order valence-corrected chi connectivity index (χ4v) is 7.14. The Morgan fingerprint density at radius 2 is 0.966 bits per heavy atom. The van der Waals surface area contributed by atoms with Crippen molar-refractivity contribution in [3.8, 4) is 0 Å². The summed E-state index contributed by atoms with van der Waals surface area (Å²) < 4.78 is 33.8. The number of carbonyl (C=O) groups excluding carboxylic acids is 2. The van der Waals surface area contributed by atoms with Gasteiger partial charge in [0.05, 0.1) is 27.7 Å². The van der Waals surface area contributed by atoms with Gasteiger partial charge in [-0.05, 0) is 51.4 Å². The van der Waals surface area contributed by atoms with Crippen molar-refractivity contribution >= 4 is 19.8 Å². The van der Waals surface area contributed by atoms with Crippen LogP contribution in [0.15, 0.2) is 48.6 Å². The maximum Gasteiger partial charge on any atom is 0.306 e. The molecular weight excluding hydrogens is 762 g/mol. The molecule has 0 radical (unpaired) electrons. The van der Waals surface area contributed by atoms with Gasteiger partial charge in [0.15, 0.2) is 6.10 Å². The molecule has 0 bridgehead atoms. The van der Waals surface area contributed by atoms with Gasteiger partial charge < -0.3 is 27.9 Å². The lowest BCUT2D eigenvalue weighted by Gasteiger charge is -2.28. The van der Waals surface area contributed by atoms with E-state index in [1.165, 1.54) is 89.9 Å². The highest BCUT2D eigenvalue weighted by Gasteiger charge is 2.21. The largest absolute Gasteiger partial charge is 0.756 e. The summed E-state index contributed by atoms with van der Waals surface area (Å²) in [5, 5.41) is 0. The van der Waals surface area contributed by atoms with Crippen LogP contribution in [0, 0.1) is 0 Å². The Morgan fingerprint density at radius 1 is 0.542 bits per heavy atom. The van der Waals surface area contributed by atoms with Gasteiger partial charge in [-0.15, -0.1) is 0 Å². The van der Waals surface area contributed by atoms with Crippen LogP contribution in [0.1, 0.15) is 200 Å². The zero-order valence-corrected chi connectivity index (χ0v) is 39.6. The second-order valence-electron chi connectivity index (χ2n) is 17.1. The maximum absolute atomic E-state index is 12.6. The number of rotatable bonds is 43. The number of unbranched alkanes of at least 4 members (excludes halogenated alkanes) is 21. The number of esters is 2. The molecule has 0 fully saturated rings. The van der Waals surface area contributed by atoms with Gasteiger partial charge in [-0.2, -0.15) is 0 Å². The Balaban J connectivity index is 3.98. The number of quaternary nitrogens is 1. The number of nitrogens with zero attached hydrogens (tertiary/aromatic N) is 1. The molecule has 2 unspecified atom stereocenters. The van der Waals surface area contributed by atoms with Crippen molar-refractivity contribution in [3.05, 3.63) is 48.6 Å². The van der Waals surface area contributed by atoms with Crippen molar-refractivity contribution in [1.82, 2.24) is 0 Å². The summed E-state index contributed by atoms with van der Waals surface area (Å²) in [7, 11) is 1.17. The highest BCUT2D eigenvalue weighted by Crippen LogP contribution is 2.38. The van der Waals surface area contributed by atoms with Crippen LogP contribution < -0.4 is 4.89 Å². The lowest BCUT2D eigenvalue weighted by Crippen LogP contribution is -2.37. The normalized spacial score (nSPS) is 13.9. The van der Waals surface area contributed by atoms with Crippen molar-refractivity contribution < 1.29 is 42.1 Å². The molecule has 9 nitrogen and oxygen atoms in total. The van der Waals surface area contributed by atoms with E-state index in [-0.39, 0.29) is 26.1 Å². The van der Waals surface area contributed by atoms with E-state index in [2.05, 4.69) is 62.5 Å². The third kappa shape index (κ3) is 45.3. The molecule has 0 saturated carbocycles. The minimum Gasteiger partial charge on any atom is -0.756 e. The molecule has 0 rings (SSSR count). The molecule has 0 aromatic rings. The monoisotopic (exact) mass is 852 g/mol. The summed E-state index contributed by atoms with van der Waals surface area (Å²) in [6.45, 7) is 4.05. The lowest BCUT2D eigenvalue weighted by molar-refractivity contribution is -0.870. The molecule has 0 aromatic heterocycles. The molecule has 0 N–H and O–H groups in total. The number of hydrogen-bond donors (Lipinski definition) is 0. The molecule has 59 heavy (non-hydrogen) atoms. The van der Waals surface area contributed by atoms with Crippen LogP contribution in [0.5, 0.6) is 0 Å². The average molecular weight is 852 g/mol. The Kier molecular flexibility index (Phi) is 39.9. The van der Waals surface area contributed by atoms with Crippen molar-refractivity contribution in [1.29, 1.82) is 0 Å². The topological polar surface area (TPSA) is 111 Å². The highest BCUT2D eigenvalue weighted by molar-refractivity contribution is 7.45. The highest BCUT2D eigenvalue weighted by atomic mass is 31.2. The summed E-state index contributed by atoms with van der Waals surface area (Å²) in [6, 6.07) is 0. The standard InChI is InChI=1S/C49H90NO8P/c1-6-8-10-12-14-15-16-17-18-19-20-21-22-23-24-25-26-27-28-29-30-31-32-33-34-35-36-38-40-42-49(52)58-47(45-55-48(51)41-39-37-13-11-9-7-2)46-57-59(53,54)56-44-43-50(3,4)5/h8,10,14-15,17-18,20-21,47H,6-7,9,11-13,16,19,22-46H2,1-5H3/b10-8-,15-14-,18-17-,21-20-. The molecule has 0 aliphatic heterocycles. The molecule has 0 heterocycles. The van der Waals surface area contributed by atoms with Crippen LogP contribution in [-0.4, -0.2) is 70.0 Å². The third-order valence-corrected chi connectivity index (χ3v) is 11.1. The zero-order valence-electron chi connectivity index (χ0n) is 38.7. The Bertz CT molecular complexity index is 1150. The average Bonchev–Trinajstić information content (AvgIpc) is 3.19. The molecular formula is C49H90NO8P. The minimum atomic E-state index is -4.62. The van der Waals surface area contributed by atoms with Crippen molar-refractivity contribution in [2.45, 2.75) is 206 Å². The second kappa shape index (κ2) is 41.3. The smallest absolute Gasteiger partial charge is 0.306 e. The number of hydrogen-bond acceptors (Lipinski definition) is 8. The molecule has 0 aliphatic carbocycles. The van der Waals surface area contributed by atoms with Gasteiger partial charge in [0.2, 0.25) is 0 Å². The summed E-state index contributed by atoms with van der Waals surface area (Å²) in [4.78, 5) is 37.3. The van der Waals surface area contributed by atoms with Crippen molar-refractivity contribution in [2.24, 2.45) is 0 Å². The Hall–Kier alpha value is -2.03. The number of carbonyl (C=O) groups is 2. The SMILES string of the molecule is CC/C=C\C/C=C\C/C=C\C/C=C\CCCCCCCCCCCCCCCCCCC(=O)OC(COC(=O)CCCCCCCC)COP(=O)([O-])OCC[N+](C)(C)C. The molecule has 0 spiro atoms. The summed E-state index contributed by atoms with van der Waals surface area (Å²) in [5.41, 5.74) is 0. The predicted molar refractivity (Wildman–Crippen MR) is 245 cm³/mol. The zero-order chi connectivity index (χ0) is 43.6. The molecule has 0 amide bonds. The number of ether oxygens (including phenoxy) is 2. The Labute approximate surface area is 363 Å². The van der Waals surface area contributed by atoms with Gasteiger partial charge in [-0.1, -0.05) is 184 Å². The second-order valence-corrected chi connectivity index (χ2v) is 18.5. The van der Waals surface area contributed by atoms with Gasteiger partial charge in [0, 0.05) is 12.8 Å². The molecule has 0 aromatic carbocycles. The fourth-order valence-electron chi connectivity index (χ4n) is 6.41. The number of phosphoric ester groups is 1. The molecule has 10 heteroatoms. The minimum absolute atomic E-state index is 0.0302. The quantitative estimate of drug-likeness (QED) is 0.0196. The first-order valence-corrected chi connectivity index (χ1v) is 25.3. The molecule has 344 valence electrons. The molecule has 2 atom stereocenters. The van der Waals surface area contributed by atoms with Gasteiger partial charge in [0.1, 0.15) is 19.8 Å². The van der Waals surface area contributed by atoms with Crippen molar-refractivity contribution in [3.63, 3.8) is 0 Å². The number of allylic oxidation sites excluding steroid dienone is 8. The van der Waals surface area contributed by atoms with Crippen LogP contribution in [0.3, 0.4) is 0 Å². The van der Waals surface area contributed by atoms with Gasteiger partial charge in [-0.25, -0.2) is 0 Å². The number of phosphoric acid groups is 1. The molecule has 0 aliphatic rings. The van der Waals surface area contributed by atoms with Gasteiger partial charge >= 0.3 is 11.9 Å². The van der Waals surface area contributed by atoms with Crippen LogP contribution in [-0.2, 0) is 32.7 Å². The summed E-state index contributed by atoms with van der Waals surface area (Å²) in [5.74, 6) is -0.841. The first-order valence-electron chi connectivity index (χ1n) is 23.8. The van der Waals surface area contributed by atoms with Crippen molar-refractivity contribution in [2.75, 3.05) is 47.5 Å². The van der Waals surface area contributed by atoms with E-state index >= 15 is 0 Å². The van der Waals surface area contributed by atoms with Crippen LogP contribution in [0.2, 0.25) is 0 Å². The summed E-state index contributed by atoms with van der Waals surface area (Å²) in [6.07, 6.45) is 49.0. The summed E-state index contributed by atoms with van der Waals surface area (Å²) >= 11 is 0. The third-order valence-electron chi connectivity index (χ3n) is 10.1. The van der Waals surface area contributed by atoms with Crippen LogP contribution in [0.25, 0.3) is 0 Å². The van der Waals surface area contributed by atoms with E-state index in [1.54, 1.807) is 0 Å². The van der Waals surface area contributed by atoms with Gasteiger partial charge in [0.25, 0.3) is 7.82 Å².